The van der Waals surface area contributed by atoms with Crippen LogP contribution in [0.1, 0.15) is 22.4 Å². The molecular formula is C21H19F3N2O3S. The first-order valence-electron chi connectivity index (χ1n) is 8.94. The highest BCUT2D eigenvalue weighted by atomic mass is 32.2. The molecule has 3 aromatic rings. The molecule has 0 radical (unpaired) electrons. The Hall–Kier alpha value is -2.94. The SMILES string of the molecule is Cc1cc(SCc2cn(-c3ccc(C(F)(F)F)cc3)nc2C)ccc1OCC(=O)O. The van der Waals surface area contributed by atoms with Crippen molar-refractivity contribution in [2.24, 2.45) is 0 Å². The Kier molecular flexibility index (Phi) is 6.40. The minimum Gasteiger partial charge on any atom is -0.482 e. The van der Waals surface area contributed by atoms with Gasteiger partial charge in [0.05, 0.1) is 16.9 Å². The molecule has 0 spiro atoms. The zero-order valence-corrected chi connectivity index (χ0v) is 17.0. The summed E-state index contributed by atoms with van der Waals surface area (Å²) in [6.45, 7) is 3.30. The third-order valence-corrected chi connectivity index (χ3v) is 5.39. The van der Waals surface area contributed by atoms with Gasteiger partial charge in [-0.2, -0.15) is 18.3 Å². The van der Waals surface area contributed by atoms with Gasteiger partial charge in [0.2, 0.25) is 0 Å². The summed E-state index contributed by atoms with van der Waals surface area (Å²) < 4.78 is 45.0. The number of ether oxygens (including phenoxy) is 1. The molecule has 0 saturated heterocycles. The maximum atomic E-state index is 12.7. The number of rotatable bonds is 7. The van der Waals surface area contributed by atoms with Crippen LogP contribution in [0.5, 0.6) is 5.75 Å². The van der Waals surface area contributed by atoms with Crippen molar-refractivity contribution >= 4 is 17.7 Å². The first-order valence-corrected chi connectivity index (χ1v) is 9.93. The number of hydrogen-bond acceptors (Lipinski definition) is 4. The van der Waals surface area contributed by atoms with Gasteiger partial charge in [0.25, 0.3) is 0 Å². The van der Waals surface area contributed by atoms with Crippen molar-refractivity contribution in [1.82, 2.24) is 9.78 Å². The number of carboxylic acid groups (broad SMARTS) is 1. The van der Waals surface area contributed by atoms with Crippen LogP contribution in [0.15, 0.2) is 53.6 Å². The maximum absolute atomic E-state index is 12.7. The zero-order valence-electron chi connectivity index (χ0n) is 16.2. The van der Waals surface area contributed by atoms with Gasteiger partial charge in [0.15, 0.2) is 6.61 Å². The van der Waals surface area contributed by atoms with Crippen LogP contribution in [0.4, 0.5) is 13.2 Å². The lowest BCUT2D eigenvalue weighted by Gasteiger charge is -2.09. The maximum Gasteiger partial charge on any atom is 0.416 e. The monoisotopic (exact) mass is 436 g/mol. The van der Waals surface area contributed by atoms with Crippen molar-refractivity contribution < 1.29 is 27.8 Å². The predicted molar refractivity (Wildman–Crippen MR) is 107 cm³/mol. The molecule has 2 aromatic carbocycles. The van der Waals surface area contributed by atoms with Gasteiger partial charge in [-0.3, -0.25) is 0 Å². The highest BCUT2D eigenvalue weighted by Gasteiger charge is 2.30. The van der Waals surface area contributed by atoms with E-state index in [0.29, 0.717) is 17.2 Å². The highest BCUT2D eigenvalue weighted by Crippen LogP contribution is 2.31. The smallest absolute Gasteiger partial charge is 0.416 e. The van der Waals surface area contributed by atoms with Crippen molar-refractivity contribution in [2.75, 3.05) is 6.61 Å². The van der Waals surface area contributed by atoms with Crippen LogP contribution in [0.3, 0.4) is 0 Å². The molecule has 0 atom stereocenters. The second kappa shape index (κ2) is 8.83. The number of aryl methyl sites for hydroxylation is 2. The molecule has 1 aromatic heterocycles. The van der Waals surface area contributed by atoms with Gasteiger partial charge in [-0.25, -0.2) is 9.48 Å². The first kappa shape index (κ1) is 21.8. The third kappa shape index (κ3) is 5.35. The van der Waals surface area contributed by atoms with Crippen molar-refractivity contribution in [1.29, 1.82) is 0 Å². The number of alkyl halides is 3. The van der Waals surface area contributed by atoms with Crippen LogP contribution in [-0.4, -0.2) is 27.5 Å². The molecule has 1 heterocycles. The third-order valence-electron chi connectivity index (χ3n) is 4.35. The molecule has 3 rings (SSSR count). The molecule has 0 aliphatic heterocycles. The van der Waals surface area contributed by atoms with Crippen molar-refractivity contribution in [2.45, 2.75) is 30.7 Å². The quantitative estimate of drug-likeness (QED) is 0.512. The van der Waals surface area contributed by atoms with E-state index in [4.69, 9.17) is 9.84 Å². The molecule has 0 bridgehead atoms. The molecular weight excluding hydrogens is 417 g/mol. The number of carboxylic acids is 1. The summed E-state index contributed by atoms with van der Waals surface area (Å²) in [7, 11) is 0. The standard InChI is InChI=1S/C21H19F3N2O3S/c1-13-9-18(7-8-19(13)29-11-20(27)28)30-12-15-10-26(25-14(15)2)17-5-3-16(4-6-17)21(22,23)24/h3-10H,11-12H2,1-2H3,(H,27,28). The number of hydrogen-bond donors (Lipinski definition) is 1. The Bertz CT molecular complexity index is 1050. The van der Waals surface area contributed by atoms with Crippen LogP contribution in [0.25, 0.3) is 5.69 Å². The fourth-order valence-corrected chi connectivity index (χ4v) is 3.78. The number of thioether (sulfide) groups is 1. The van der Waals surface area contributed by atoms with Crippen LogP contribution in [-0.2, 0) is 16.7 Å². The molecule has 0 fully saturated rings. The molecule has 5 nitrogen and oxygen atoms in total. The highest BCUT2D eigenvalue weighted by molar-refractivity contribution is 7.98. The minimum atomic E-state index is -4.37. The lowest BCUT2D eigenvalue weighted by Crippen LogP contribution is -2.09. The summed E-state index contributed by atoms with van der Waals surface area (Å²) in [5, 5.41) is 13.1. The number of benzene rings is 2. The van der Waals surface area contributed by atoms with E-state index in [0.717, 1.165) is 33.8 Å². The van der Waals surface area contributed by atoms with Gasteiger partial charge in [-0.15, -0.1) is 11.8 Å². The average Bonchev–Trinajstić information content (AvgIpc) is 3.05. The number of aromatic nitrogens is 2. The van der Waals surface area contributed by atoms with Gasteiger partial charge in [-0.05, 0) is 61.9 Å². The number of carbonyl (C=O) groups is 1. The van der Waals surface area contributed by atoms with Crippen molar-refractivity contribution in [3.63, 3.8) is 0 Å². The van der Waals surface area contributed by atoms with Crippen LogP contribution in [0.2, 0.25) is 0 Å². The average molecular weight is 436 g/mol. The van der Waals surface area contributed by atoms with E-state index in [1.54, 1.807) is 22.5 Å². The molecule has 30 heavy (non-hydrogen) atoms. The van der Waals surface area contributed by atoms with E-state index >= 15 is 0 Å². The number of nitrogens with zero attached hydrogens (tertiary/aromatic N) is 2. The van der Waals surface area contributed by atoms with Crippen LogP contribution >= 0.6 is 11.8 Å². The van der Waals surface area contributed by atoms with Crippen LogP contribution in [0, 0.1) is 13.8 Å². The molecule has 0 saturated carbocycles. The lowest BCUT2D eigenvalue weighted by atomic mass is 10.2. The second-order valence-electron chi connectivity index (χ2n) is 6.63. The topological polar surface area (TPSA) is 64.4 Å². The van der Waals surface area contributed by atoms with E-state index in [2.05, 4.69) is 5.10 Å². The Morgan fingerprint density at radius 2 is 1.87 bits per heavy atom. The Balaban J connectivity index is 1.68. The molecule has 9 heteroatoms. The zero-order chi connectivity index (χ0) is 21.9. The van der Waals surface area contributed by atoms with E-state index < -0.39 is 24.3 Å². The Labute approximate surface area is 175 Å². The fourth-order valence-electron chi connectivity index (χ4n) is 2.75. The van der Waals surface area contributed by atoms with E-state index in [1.807, 2.05) is 32.2 Å². The molecule has 0 aliphatic rings. The van der Waals surface area contributed by atoms with Gasteiger partial charge < -0.3 is 9.84 Å². The normalized spacial score (nSPS) is 11.5. The number of aliphatic carboxylic acids is 1. The summed E-state index contributed by atoms with van der Waals surface area (Å²) in [5.74, 6) is 0.114. The summed E-state index contributed by atoms with van der Waals surface area (Å²) in [4.78, 5) is 11.6. The summed E-state index contributed by atoms with van der Waals surface area (Å²) >= 11 is 1.58. The second-order valence-corrected chi connectivity index (χ2v) is 7.68. The molecule has 1 N–H and O–H groups in total. The van der Waals surface area contributed by atoms with Gasteiger partial charge >= 0.3 is 12.1 Å². The van der Waals surface area contributed by atoms with Gasteiger partial charge in [0.1, 0.15) is 5.75 Å². The van der Waals surface area contributed by atoms with Gasteiger partial charge in [0, 0.05) is 22.4 Å². The van der Waals surface area contributed by atoms with E-state index in [9.17, 15) is 18.0 Å². The Morgan fingerprint density at radius 1 is 1.17 bits per heavy atom. The summed E-state index contributed by atoms with van der Waals surface area (Å²) in [6, 6.07) is 10.4. The fraction of sp³-hybridized carbons (Fsp3) is 0.238. The molecule has 0 aliphatic carbocycles. The molecule has 0 amide bonds. The van der Waals surface area contributed by atoms with Crippen molar-refractivity contribution in [3.8, 4) is 11.4 Å². The Morgan fingerprint density at radius 3 is 2.47 bits per heavy atom. The first-order chi connectivity index (χ1) is 14.1. The molecule has 0 unspecified atom stereocenters. The van der Waals surface area contributed by atoms with Crippen LogP contribution < -0.4 is 4.74 Å². The summed E-state index contributed by atoms with van der Waals surface area (Å²) in [5.41, 5.74) is 2.44. The lowest BCUT2D eigenvalue weighted by molar-refractivity contribution is -0.139. The predicted octanol–water partition coefficient (Wildman–Crippen LogP) is 5.26. The van der Waals surface area contributed by atoms with E-state index in [-0.39, 0.29) is 0 Å². The van der Waals surface area contributed by atoms with E-state index in [1.165, 1.54) is 12.1 Å². The minimum absolute atomic E-state index is 0.393. The van der Waals surface area contributed by atoms with Crippen molar-refractivity contribution in [3.05, 3.63) is 71.0 Å². The number of halogens is 3. The molecule has 158 valence electrons. The van der Waals surface area contributed by atoms with Gasteiger partial charge in [-0.1, -0.05) is 0 Å². The summed E-state index contributed by atoms with van der Waals surface area (Å²) in [6.07, 6.45) is -2.56. The largest absolute Gasteiger partial charge is 0.482 e.